The van der Waals surface area contributed by atoms with Gasteiger partial charge in [0, 0.05) is 65.6 Å². The fourth-order valence-electron chi connectivity index (χ4n) is 26.2. The van der Waals surface area contributed by atoms with E-state index in [1.54, 1.807) is 0 Å². The highest BCUT2D eigenvalue weighted by Gasteiger charge is 2.53. The van der Waals surface area contributed by atoms with Gasteiger partial charge in [0.05, 0.1) is 78.7 Å². The van der Waals surface area contributed by atoms with Crippen LogP contribution in [0, 0.1) is 41.5 Å². The number of fused-ring (bicyclic) bond motifs is 38. The number of hydrogen-bond acceptors (Lipinski definition) is 4. The van der Waals surface area contributed by atoms with E-state index in [1.165, 1.54) is 210 Å². The molecule has 0 radical (unpaired) electrons. The van der Waals surface area contributed by atoms with E-state index in [9.17, 15) is 0 Å². The average Bonchev–Trinajstić information content (AvgIpc) is 1.51. The van der Waals surface area contributed by atoms with Crippen LogP contribution in [0.3, 0.4) is 0 Å². The summed E-state index contributed by atoms with van der Waals surface area (Å²) in [4.78, 5) is 21.8. The van der Waals surface area contributed by atoms with E-state index in [4.69, 9.17) is 19.9 Å². The van der Waals surface area contributed by atoms with Gasteiger partial charge in [-0.3, -0.25) is 9.97 Å². The summed E-state index contributed by atoms with van der Waals surface area (Å²) in [5.41, 5.74) is 51.9. The van der Waals surface area contributed by atoms with E-state index in [1.807, 2.05) is 12.4 Å². The molecule has 0 amide bonds. The van der Waals surface area contributed by atoms with Crippen LogP contribution in [0.5, 0.6) is 0 Å². The fraction of sp³-hybridized carbons (Fsp3) is 0.0588. The van der Waals surface area contributed by atoms with E-state index in [0.29, 0.717) is 0 Å². The topological polar surface area (TPSA) is 61.4 Å². The minimum absolute atomic E-state index is 0.446. The van der Waals surface area contributed by atoms with Gasteiger partial charge in [0.2, 0.25) is 0 Å². The molecule has 0 atom stereocenters. The molecule has 0 fully saturated rings. The molecule has 22 aromatic carbocycles. The molecule has 142 heavy (non-hydrogen) atoms. The van der Waals surface area contributed by atoms with Crippen LogP contribution in [-0.2, 0) is 10.8 Å². The second-order valence-electron chi connectivity index (χ2n) is 39.6. The maximum atomic E-state index is 5.68. The van der Waals surface area contributed by atoms with Crippen LogP contribution in [0.4, 0.5) is 0 Å². The van der Waals surface area contributed by atoms with Crippen LogP contribution in [0.15, 0.2) is 437 Å². The Hall–Kier alpha value is -17.8. The molecule has 4 aromatic heterocycles. The van der Waals surface area contributed by atoms with Crippen molar-refractivity contribution in [3.63, 3.8) is 0 Å². The predicted octanol–water partition coefficient (Wildman–Crippen LogP) is 34.6. The summed E-state index contributed by atoms with van der Waals surface area (Å²) in [7, 11) is 0. The van der Waals surface area contributed by atoms with E-state index in [0.717, 1.165) is 99.4 Å². The molecule has 664 valence electrons. The zero-order valence-corrected chi connectivity index (χ0v) is 79.3. The van der Waals surface area contributed by atoms with E-state index < -0.39 is 10.8 Å². The Bertz CT molecular complexity index is 9770. The molecule has 0 saturated carbocycles. The number of nitrogens with zero attached hydrogens (tertiary/aromatic N) is 6. The van der Waals surface area contributed by atoms with Gasteiger partial charge in [0.15, 0.2) is 0 Å². The number of para-hydroxylation sites is 4. The van der Waals surface area contributed by atoms with Crippen molar-refractivity contribution in [2.75, 3.05) is 0 Å². The normalized spacial score (nSPS) is 13.1. The van der Waals surface area contributed by atoms with Gasteiger partial charge in [-0.2, -0.15) is 0 Å². The molecule has 4 heterocycles. The minimum Gasteiger partial charge on any atom is -0.309 e. The van der Waals surface area contributed by atoms with Crippen molar-refractivity contribution in [1.82, 2.24) is 29.1 Å². The Labute approximate surface area is 822 Å². The third-order valence-corrected chi connectivity index (χ3v) is 31.8. The summed E-state index contributed by atoms with van der Waals surface area (Å²) in [6.45, 7) is 13.3. The van der Waals surface area contributed by atoms with Crippen molar-refractivity contribution in [3.05, 3.63) is 515 Å². The van der Waals surface area contributed by atoms with Crippen molar-refractivity contribution in [3.8, 4) is 123 Å². The molecule has 6 heteroatoms. The molecule has 30 rings (SSSR count). The molecule has 0 aliphatic heterocycles. The van der Waals surface area contributed by atoms with Crippen molar-refractivity contribution >= 4 is 109 Å². The lowest BCUT2D eigenvalue weighted by Crippen LogP contribution is -2.25. The first-order valence-electron chi connectivity index (χ1n) is 49.4. The third kappa shape index (κ3) is 11.7. The van der Waals surface area contributed by atoms with Gasteiger partial charge in [-0.05, 0) is 304 Å². The van der Waals surface area contributed by atoms with Crippen LogP contribution < -0.4 is 0 Å². The molecule has 0 saturated heterocycles. The lowest BCUT2D eigenvalue weighted by Gasteiger charge is -2.30. The number of rotatable bonds is 8. The molecule has 4 aliphatic carbocycles. The average molecular weight is 1810 g/mol. The number of aromatic nitrogens is 6. The predicted molar refractivity (Wildman–Crippen MR) is 591 cm³/mol. The van der Waals surface area contributed by atoms with Crippen LogP contribution in [0.25, 0.3) is 232 Å². The molecular formula is C136H90N6. The minimum atomic E-state index is -0.451. The summed E-state index contributed by atoms with van der Waals surface area (Å²) in [6, 6.07) is 158. The number of benzene rings is 22. The molecule has 6 nitrogen and oxygen atoms in total. The lowest BCUT2D eigenvalue weighted by molar-refractivity contribution is 0.794. The van der Waals surface area contributed by atoms with Crippen molar-refractivity contribution in [2.24, 2.45) is 0 Å². The fourth-order valence-corrected chi connectivity index (χ4v) is 26.2. The first kappa shape index (κ1) is 81.3. The largest absolute Gasteiger partial charge is 0.309 e. The highest BCUT2D eigenvalue weighted by atomic mass is 15.0. The standard InChI is InChI=1S/C84H49N3.C52H41N3/c1-9-28-70-56(20-1)57-21-2-10-29-71(57)83(70)74-32-13-5-24-60(74)62-40-36-52(47-76(62)83)50-38-42-66-68(45-50)69-46-51(53-37-41-63-61-25-6-14-33-75(61)84(77(63)48-53)72-30-11-3-22-58(72)59-23-4-12-31-73(59)84)39-43-67(69)82-81(66)85-49-78(86-82)54-18-17-19-55(44-54)87-79-34-15-7-26-64(79)65-27-8-16-35-80(65)87;1-30-22-32(3)49(33(4)23-30)37-18-20-42-44(27-37)45-28-38(50-34(5)24-31(2)25-35(50)6)19-21-43(45)52-51(42)53-29-46(54-52)36-12-11-13-39(26-36)55-47-16-9-7-14-40(47)41-15-8-10-17-48(41)55/h1-49H;7-29H,1-6H3. The highest BCUT2D eigenvalue weighted by Crippen LogP contribution is 2.66. The summed E-state index contributed by atoms with van der Waals surface area (Å²) in [5.74, 6) is 0. The maximum Gasteiger partial charge on any atom is 0.0979 e. The van der Waals surface area contributed by atoms with E-state index >= 15 is 0 Å². The van der Waals surface area contributed by atoms with Gasteiger partial charge in [-0.25, -0.2) is 9.97 Å². The maximum absolute atomic E-state index is 5.68. The van der Waals surface area contributed by atoms with E-state index in [2.05, 4.69) is 475 Å². The van der Waals surface area contributed by atoms with Crippen LogP contribution in [0.1, 0.15) is 77.9 Å². The molecule has 0 N–H and O–H groups in total. The quantitative estimate of drug-likeness (QED) is 0.142. The number of aryl methyl sites for hydroxylation is 6. The Morgan fingerprint density at radius 3 is 0.768 bits per heavy atom. The summed E-state index contributed by atoms with van der Waals surface area (Å²) in [5, 5.41) is 14.0. The number of hydrogen-bond donors (Lipinski definition) is 0. The van der Waals surface area contributed by atoms with Crippen LogP contribution >= 0.6 is 0 Å². The Morgan fingerprint density at radius 1 is 0.183 bits per heavy atom. The molecule has 0 unspecified atom stereocenters. The Kier molecular flexibility index (Phi) is 17.7. The Balaban J connectivity index is 0.000000151. The van der Waals surface area contributed by atoms with Gasteiger partial charge >= 0.3 is 0 Å². The third-order valence-electron chi connectivity index (χ3n) is 31.8. The smallest absolute Gasteiger partial charge is 0.0979 e. The van der Waals surface area contributed by atoms with Crippen LogP contribution in [0.2, 0.25) is 0 Å². The first-order chi connectivity index (χ1) is 69.9. The molecule has 4 aliphatic rings. The molecular weight excluding hydrogens is 1720 g/mol. The zero-order valence-electron chi connectivity index (χ0n) is 79.3. The van der Waals surface area contributed by atoms with Crippen LogP contribution in [-0.4, -0.2) is 29.1 Å². The van der Waals surface area contributed by atoms with Gasteiger partial charge < -0.3 is 9.13 Å². The van der Waals surface area contributed by atoms with Crippen molar-refractivity contribution in [1.29, 1.82) is 0 Å². The summed E-state index contributed by atoms with van der Waals surface area (Å²) >= 11 is 0. The Morgan fingerprint density at radius 2 is 0.444 bits per heavy atom. The van der Waals surface area contributed by atoms with Crippen molar-refractivity contribution in [2.45, 2.75) is 52.4 Å². The summed E-state index contributed by atoms with van der Waals surface area (Å²) in [6.07, 6.45) is 3.93. The van der Waals surface area contributed by atoms with E-state index in [-0.39, 0.29) is 0 Å². The monoisotopic (exact) mass is 1810 g/mol. The van der Waals surface area contributed by atoms with Gasteiger partial charge in [-0.15, -0.1) is 0 Å². The molecule has 2 spiro atoms. The second-order valence-corrected chi connectivity index (χ2v) is 39.6. The first-order valence-corrected chi connectivity index (χ1v) is 49.4. The second kappa shape index (κ2) is 30.8. The van der Waals surface area contributed by atoms with Crippen molar-refractivity contribution < 1.29 is 0 Å². The zero-order chi connectivity index (χ0) is 94.2. The summed E-state index contributed by atoms with van der Waals surface area (Å²) < 4.78 is 4.73. The lowest BCUT2D eigenvalue weighted by atomic mass is 9.70. The highest BCUT2D eigenvalue weighted by molar-refractivity contribution is 6.26. The SMILES string of the molecule is Cc1cc(C)c(-c2ccc3c(c2)c2cc(-c4c(C)cc(C)cc4C)ccc2c2nc(-c4cccc(-n5c6ccccc6c6ccccc65)c4)cnc32)c(C)c1.c1cc(-c2cnc3c4ccc(-c5ccc6c(c5)C5(c7ccccc7-c7ccccc75)c5ccccc5-6)cc4c4cc(-c5ccc6c(c5)C5(c7ccccc7-c7ccccc75)c5ccccc5-6)ccc4c3n2)cc(-n2c3ccccc3c3ccccc32)c1. The molecule has 26 aromatic rings. The van der Waals surface area contributed by atoms with Gasteiger partial charge in [-0.1, -0.05) is 351 Å². The van der Waals surface area contributed by atoms with Gasteiger partial charge in [0.1, 0.15) is 0 Å². The molecule has 0 bridgehead atoms. The van der Waals surface area contributed by atoms with Gasteiger partial charge in [0.25, 0.3) is 0 Å².